The zero-order chi connectivity index (χ0) is 6.69. The molecule has 0 aromatic carbocycles. The fourth-order valence-electron chi connectivity index (χ4n) is 0.648. The van der Waals surface area contributed by atoms with Crippen molar-refractivity contribution in [2.24, 2.45) is 18.0 Å². The van der Waals surface area contributed by atoms with Gasteiger partial charge in [-0.3, -0.25) is 0 Å². The number of aromatic nitrogens is 1. The van der Waals surface area contributed by atoms with Crippen LogP contribution in [0.15, 0.2) is 29.5 Å². The van der Waals surface area contributed by atoms with Crippen molar-refractivity contribution >= 4 is 12.4 Å². The summed E-state index contributed by atoms with van der Waals surface area (Å²) >= 11 is 0. The molecule has 0 atom stereocenters. The van der Waals surface area contributed by atoms with Gasteiger partial charge in [-0.15, -0.1) is 12.4 Å². The summed E-state index contributed by atoms with van der Waals surface area (Å²) in [4.78, 5) is 0. The normalized spacial score (nSPS) is 10.7. The Morgan fingerprint density at radius 2 is 2.20 bits per heavy atom. The van der Waals surface area contributed by atoms with Gasteiger partial charge in [0.05, 0.1) is 0 Å². The fourth-order valence-corrected chi connectivity index (χ4v) is 0.648. The van der Waals surface area contributed by atoms with E-state index in [1.54, 1.807) is 0 Å². The molecule has 4 heteroatoms. The predicted octanol–water partition coefficient (Wildman–Crippen LogP) is 0.221. The molecule has 0 aliphatic carbocycles. The highest BCUT2D eigenvalue weighted by Crippen LogP contribution is 1.74. The Kier molecular flexibility index (Phi) is 3.57. The highest BCUT2D eigenvalue weighted by molar-refractivity contribution is 5.85. The van der Waals surface area contributed by atoms with E-state index >= 15 is 0 Å². The first kappa shape index (κ1) is 9.04. The van der Waals surface area contributed by atoms with Crippen LogP contribution in [0.4, 0.5) is 0 Å². The van der Waals surface area contributed by atoms with Crippen LogP contribution in [0.3, 0.4) is 0 Å². The highest BCUT2D eigenvalue weighted by Gasteiger charge is 1.78. The van der Waals surface area contributed by atoms with Crippen LogP contribution in [0.25, 0.3) is 0 Å². The summed E-state index contributed by atoms with van der Waals surface area (Å²) < 4.78 is 1.85. The van der Waals surface area contributed by atoms with Gasteiger partial charge in [0.1, 0.15) is 0 Å². The quantitative estimate of drug-likeness (QED) is 0.427. The lowest BCUT2D eigenvalue weighted by atomic mass is 10.5. The molecule has 0 aliphatic heterocycles. The van der Waals surface area contributed by atoms with E-state index in [2.05, 4.69) is 5.10 Å². The second kappa shape index (κ2) is 3.95. The Morgan fingerprint density at radius 1 is 1.50 bits per heavy atom. The molecule has 10 heavy (non-hydrogen) atoms. The molecule has 56 valence electrons. The largest absolute Gasteiger partial charge is 0.335 e. The molecule has 2 N–H and O–H groups in total. The number of aryl methyl sites for hydroxylation is 1. The Morgan fingerprint density at radius 3 is 2.60 bits per heavy atom. The van der Waals surface area contributed by atoms with E-state index in [0.29, 0.717) is 0 Å². The number of nitrogens with two attached hydrogens (primary N) is 1. The van der Waals surface area contributed by atoms with Crippen LogP contribution in [-0.2, 0) is 7.05 Å². The molecular weight excluding hydrogens is 150 g/mol. The average Bonchev–Trinajstić information content (AvgIpc) is 1.89. The Balaban J connectivity index is 0.000000810. The van der Waals surface area contributed by atoms with E-state index in [1.807, 2.05) is 36.0 Å². The summed E-state index contributed by atoms with van der Waals surface area (Å²) in [5.41, 5.74) is 0.775. The van der Waals surface area contributed by atoms with Crippen molar-refractivity contribution in [2.45, 2.75) is 0 Å². The number of pyridine rings is 1. The summed E-state index contributed by atoms with van der Waals surface area (Å²) in [7, 11) is 1.89. The van der Waals surface area contributed by atoms with E-state index in [9.17, 15) is 0 Å². The van der Waals surface area contributed by atoms with E-state index in [-0.39, 0.29) is 12.4 Å². The Hall–Kier alpha value is -0.960. The number of nitrogens with zero attached hydrogens (tertiary/aromatic N) is 2. The van der Waals surface area contributed by atoms with Gasteiger partial charge in [-0.05, 0) is 12.1 Å². The SMILES string of the molecule is Cl.Cn1cccc/c1=N\N. The molecule has 0 saturated carbocycles. The maximum Gasteiger partial charge on any atom is 0.151 e. The lowest BCUT2D eigenvalue weighted by Gasteiger charge is -1.93. The van der Waals surface area contributed by atoms with E-state index in [1.165, 1.54) is 0 Å². The van der Waals surface area contributed by atoms with Crippen LogP contribution in [0.5, 0.6) is 0 Å². The third-order valence-corrected chi connectivity index (χ3v) is 1.16. The maximum absolute atomic E-state index is 5.05. The maximum atomic E-state index is 5.05. The van der Waals surface area contributed by atoms with Crippen LogP contribution in [0, 0.1) is 0 Å². The average molecular weight is 160 g/mol. The molecule has 0 bridgehead atoms. The molecular formula is C6H10ClN3. The summed E-state index contributed by atoms with van der Waals surface area (Å²) in [5.74, 6) is 5.05. The molecule has 0 saturated heterocycles. The summed E-state index contributed by atoms with van der Waals surface area (Å²) in [6.07, 6.45) is 1.89. The minimum Gasteiger partial charge on any atom is -0.335 e. The first-order valence-electron chi connectivity index (χ1n) is 2.70. The van der Waals surface area contributed by atoms with Gasteiger partial charge >= 0.3 is 0 Å². The molecule has 0 unspecified atom stereocenters. The van der Waals surface area contributed by atoms with Gasteiger partial charge in [0.2, 0.25) is 0 Å². The summed E-state index contributed by atoms with van der Waals surface area (Å²) in [6, 6.07) is 5.67. The molecule has 0 aliphatic rings. The van der Waals surface area contributed by atoms with Gasteiger partial charge in [0.15, 0.2) is 5.49 Å². The number of halogens is 1. The third kappa shape index (κ3) is 1.77. The van der Waals surface area contributed by atoms with Crippen LogP contribution in [0.1, 0.15) is 0 Å². The van der Waals surface area contributed by atoms with Crippen LogP contribution < -0.4 is 11.3 Å². The molecule has 0 amide bonds. The topological polar surface area (TPSA) is 43.3 Å². The predicted molar refractivity (Wildman–Crippen MR) is 42.4 cm³/mol. The van der Waals surface area contributed by atoms with Crippen molar-refractivity contribution in [2.75, 3.05) is 0 Å². The molecule has 1 heterocycles. The van der Waals surface area contributed by atoms with Crippen molar-refractivity contribution in [3.05, 3.63) is 29.9 Å². The van der Waals surface area contributed by atoms with Crippen molar-refractivity contribution in [1.29, 1.82) is 0 Å². The first-order valence-corrected chi connectivity index (χ1v) is 2.70. The van der Waals surface area contributed by atoms with Gasteiger partial charge < -0.3 is 10.4 Å². The van der Waals surface area contributed by atoms with Gasteiger partial charge in [-0.2, -0.15) is 5.10 Å². The van der Waals surface area contributed by atoms with E-state index in [4.69, 9.17) is 5.84 Å². The Labute approximate surface area is 65.6 Å². The number of hydrogen-bond acceptors (Lipinski definition) is 2. The smallest absolute Gasteiger partial charge is 0.151 e. The van der Waals surface area contributed by atoms with Crippen LogP contribution in [0.2, 0.25) is 0 Å². The summed E-state index contributed by atoms with van der Waals surface area (Å²) in [6.45, 7) is 0. The molecule has 1 aromatic rings. The highest BCUT2D eigenvalue weighted by atomic mass is 35.5. The van der Waals surface area contributed by atoms with Crippen molar-refractivity contribution in [3.8, 4) is 0 Å². The standard InChI is InChI=1S/C6H9N3.ClH/c1-9-5-3-2-4-6(9)8-7;/h2-5H,7H2,1H3;1H/b8-6+;. The Bertz CT molecular complexity index is 253. The van der Waals surface area contributed by atoms with E-state index < -0.39 is 0 Å². The second-order valence-corrected chi connectivity index (χ2v) is 1.80. The third-order valence-electron chi connectivity index (χ3n) is 1.16. The lowest BCUT2D eigenvalue weighted by molar-refractivity contribution is 0.815. The van der Waals surface area contributed by atoms with E-state index in [0.717, 1.165) is 5.49 Å². The minimum atomic E-state index is 0. The molecule has 3 nitrogen and oxygen atoms in total. The lowest BCUT2D eigenvalue weighted by Crippen LogP contribution is -2.17. The fraction of sp³-hybridized carbons (Fsp3) is 0.167. The van der Waals surface area contributed by atoms with Crippen LogP contribution >= 0.6 is 12.4 Å². The molecule has 1 aromatic heterocycles. The minimum absolute atomic E-state index is 0. The van der Waals surface area contributed by atoms with Gasteiger partial charge in [-0.1, -0.05) is 6.07 Å². The number of hydrogen-bond donors (Lipinski definition) is 1. The molecule has 0 spiro atoms. The number of rotatable bonds is 0. The van der Waals surface area contributed by atoms with Crippen molar-refractivity contribution in [1.82, 2.24) is 4.57 Å². The summed E-state index contributed by atoms with van der Waals surface area (Å²) in [5, 5.41) is 3.53. The van der Waals surface area contributed by atoms with Gasteiger partial charge in [0, 0.05) is 13.2 Å². The molecule has 0 radical (unpaired) electrons. The van der Waals surface area contributed by atoms with Crippen molar-refractivity contribution in [3.63, 3.8) is 0 Å². The zero-order valence-electron chi connectivity index (χ0n) is 5.69. The zero-order valence-corrected chi connectivity index (χ0v) is 6.51. The second-order valence-electron chi connectivity index (χ2n) is 1.80. The molecule has 0 fully saturated rings. The van der Waals surface area contributed by atoms with Crippen molar-refractivity contribution < 1.29 is 0 Å². The molecule has 1 rings (SSSR count). The van der Waals surface area contributed by atoms with Crippen LogP contribution in [-0.4, -0.2) is 4.57 Å². The first-order chi connectivity index (χ1) is 4.34. The van der Waals surface area contributed by atoms with Gasteiger partial charge in [-0.25, -0.2) is 0 Å². The monoisotopic (exact) mass is 159 g/mol. The van der Waals surface area contributed by atoms with Gasteiger partial charge in [0.25, 0.3) is 0 Å².